The van der Waals surface area contributed by atoms with Crippen molar-refractivity contribution in [1.29, 1.82) is 0 Å². The number of hydrogen-bond donors (Lipinski definition) is 1. The number of piperidine rings is 1. The first-order chi connectivity index (χ1) is 10.4. The van der Waals surface area contributed by atoms with Crippen LogP contribution < -0.4 is 0 Å². The average molecular weight is 327 g/mol. The van der Waals surface area contributed by atoms with Crippen molar-refractivity contribution in [3.63, 3.8) is 0 Å². The quantitative estimate of drug-likeness (QED) is 0.575. The molecule has 0 aromatic rings. The number of ether oxygens (including phenoxy) is 1. The molecule has 5 nitrogen and oxygen atoms in total. The summed E-state index contributed by atoms with van der Waals surface area (Å²) in [6, 6.07) is 0. The zero-order valence-electron chi connectivity index (χ0n) is 15.5. The van der Waals surface area contributed by atoms with E-state index in [0.29, 0.717) is 12.8 Å². The number of carbonyl (C=O) groups is 1. The minimum absolute atomic E-state index is 0.126. The molecule has 1 aliphatic heterocycles. The number of nitrogens with zero attached hydrogens (tertiary/aromatic N) is 1. The van der Waals surface area contributed by atoms with Gasteiger partial charge < -0.3 is 9.84 Å². The molecular formula is C18H33NO4. The predicted molar refractivity (Wildman–Crippen MR) is 90.8 cm³/mol. The van der Waals surface area contributed by atoms with Crippen molar-refractivity contribution in [3.8, 4) is 0 Å². The van der Waals surface area contributed by atoms with Gasteiger partial charge in [0.25, 0.3) is 0 Å². The Morgan fingerprint density at radius 2 is 2.00 bits per heavy atom. The molecule has 0 bridgehead atoms. The molecule has 0 radical (unpaired) electrons. The van der Waals surface area contributed by atoms with Crippen LogP contribution >= 0.6 is 0 Å². The Morgan fingerprint density at radius 1 is 1.39 bits per heavy atom. The molecule has 0 amide bonds. The number of aliphatic hydroxyl groups is 1. The third kappa shape index (κ3) is 5.90. The van der Waals surface area contributed by atoms with Gasteiger partial charge in [-0.05, 0) is 47.5 Å². The third-order valence-electron chi connectivity index (χ3n) is 4.20. The summed E-state index contributed by atoms with van der Waals surface area (Å²) in [4.78, 5) is 17.4. The molecule has 134 valence electrons. The molecule has 1 saturated heterocycles. The fourth-order valence-electron chi connectivity index (χ4n) is 3.50. The number of allylic oxidation sites excluding steroid dienone is 1. The summed E-state index contributed by atoms with van der Waals surface area (Å²) in [6.07, 6.45) is 4.87. The first kappa shape index (κ1) is 20.1. The van der Waals surface area contributed by atoms with Crippen LogP contribution in [0.3, 0.4) is 0 Å². The summed E-state index contributed by atoms with van der Waals surface area (Å²) in [5.74, 6) is -0.247. The Hall–Kier alpha value is -0.910. The van der Waals surface area contributed by atoms with Gasteiger partial charge in [-0.1, -0.05) is 6.08 Å². The molecule has 1 N–H and O–H groups in total. The summed E-state index contributed by atoms with van der Waals surface area (Å²) in [7, 11) is 0. The van der Waals surface area contributed by atoms with Gasteiger partial charge in [0, 0.05) is 30.8 Å². The maximum absolute atomic E-state index is 11.4. The SMILES string of the molecule is C=CCCC1(C)CC(OC(C)=O)CC(C)(C)N1OCC(C)(C)O. The fourth-order valence-corrected chi connectivity index (χ4v) is 3.50. The first-order valence-electron chi connectivity index (χ1n) is 8.33. The van der Waals surface area contributed by atoms with Crippen molar-refractivity contribution >= 4 is 5.97 Å². The topological polar surface area (TPSA) is 59.0 Å². The molecule has 1 heterocycles. The van der Waals surface area contributed by atoms with Crippen LogP contribution in [0.5, 0.6) is 0 Å². The third-order valence-corrected chi connectivity index (χ3v) is 4.20. The fraction of sp³-hybridized carbons (Fsp3) is 0.833. The molecule has 0 saturated carbocycles. The highest BCUT2D eigenvalue weighted by Gasteiger charge is 2.50. The molecule has 23 heavy (non-hydrogen) atoms. The van der Waals surface area contributed by atoms with Gasteiger partial charge in [0.05, 0.1) is 12.2 Å². The Balaban J connectivity index is 3.01. The van der Waals surface area contributed by atoms with Gasteiger partial charge in [0.2, 0.25) is 0 Å². The van der Waals surface area contributed by atoms with E-state index in [1.54, 1.807) is 13.8 Å². The van der Waals surface area contributed by atoms with Crippen molar-refractivity contribution in [1.82, 2.24) is 5.06 Å². The molecule has 0 aliphatic carbocycles. The van der Waals surface area contributed by atoms with Crippen molar-refractivity contribution < 1.29 is 19.5 Å². The van der Waals surface area contributed by atoms with E-state index in [9.17, 15) is 9.90 Å². The maximum atomic E-state index is 11.4. The number of rotatable bonds is 7. The lowest BCUT2D eigenvalue weighted by Crippen LogP contribution is -2.63. The molecule has 0 aromatic heterocycles. The number of hydroxylamine groups is 2. The lowest BCUT2D eigenvalue weighted by atomic mass is 9.77. The standard InChI is InChI=1S/C18H33NO4/c1-8-9-10-18(7)12-15(23-14(2)20)11-16(3,4)19(18)22-13-17(5,6)21/h8,15,21H,1,9-13H2,2-7H3. The zero-order valence-corrected chi connectivity index (χ0v) is 15.5. The maximum Gasteiger partial charge on any atom is 0.302 e. The van der Waals surface area contributed by atoms with E-state index in [1.807, 2.05) is 11.1 Å². The van der Waals surface area contributed by atoms with Crippen LogP contribution in [0, 0.1) is 0 Å². The summed E-state index contributed by atoms with van der Waals surface area (Å²) in [6.45, 7) is 15.2. The highest BCUT2D eigenvalue weighted by Crippen LogP contribution is 2.42. The van der Waals surface area contributed by atoms with Gasteiger partial charge in [-0.25, -0.2) is 0 Å². The Kier molecular flexibility index (Phi) is 6.41. The summed E-state index contributed by atoms with van der Waals surface area (Å²) < 4.78 is 5.50. The summed E-state index contributed by atoms with van der Waals surface area (Å²) >= 11 is 0. The molecule has 0 spiro atoms. The molecule has 0 aromatic carbocycles. The Morgan fingerprint density at radius 3 is 2.48 bits per heavy atom. The van der Waals surface area contributed by atoms with Crippen LogP contribution in [0.4, 0.5) is 0 Å². The number of esters is 1. The second-order valence-electron chi connectivity index (χ2n) is 8.16. The van der Waals surface area contributed by atoms with Gasteiger partial charge >= 0.3 is 5.97 Å². The average Bonchev–Trinajstić information content (AvgIpc) is 2.32. The van der Waals surface area contributed by atoms with Crippen molar-refractivity contribution in [3.05, 3.63) is 12.7 Å². The van der Waals surface area contributed by atoms with E-state index < -0.39 is 5.60 Å². The van der Waals surface area contributed by atoms with Crippen LogP contribution in [-0.2, 0) is 14.4 Å². The molecular weight excluding hydrogens is 294 g/mol. The highest BCUT2D eigenvalue weighted by atomic mass is 16.7. The summed E-state index contributed by atoms with van der Waals surface area (Å²) in [5.41, 5.74) is -1.50. The van der Waals surface area contributed by atoms with Gasteiger partial charge in [-0.15, -0.1) is 6.58 Å². The second kappa shape index (κ2) is 7.32. The van der Waals surface area contributed by atoms with E-state index in [2.05, 4.69) is 27.4 Å². The highest BCUT2D eigenvalue weighted by molar-refractivity contribution is 5.66. The van der Waals surface area contributed by atoms with Crippen molar-refractivity contribution in [2.45, 2.75) is 90.0 Å². The molecule has 1 fully saturated rings. The monoisotopic (exact) mass is 327 g/mol. The minimum atomic E-state index is -0.901. The number of carbonyl (C=O) groups excluding carboxylic acids is 1. The van der Waals surface area contributed by atoms with Crippen LogP contribution in [0.2, 0.25) is 0 Å². The molecule has 5 heteroatoms. The first-order valence-corrected chi connectivity index (χ1v) is 8.33. The Labute approximate surface area is 140 Å². The lowest BCUT2D eigenvalue weighted by Gasteiger charge is -2.55. The molecule has 1 aliphatic rings. The summed E-state index contributed by atoms with van der Waals surface area (Å²) in [5, 5.41) is 12.0. The molecule has 2 atom stereocenters. The Bertz CT molecular complexity index is 427. The van der Waals surface area contributed by atoms with Crippen molar-refractivity contribution in [2.24, 2.45) is 0 Å². The van der Waals surface area contributed by atoms with E-state index in [-0.39, 0.29) is 29.8 Å². The molecule has 1 rings (SSSR count). The van der Waals surface area contributed by atoms with Gasteiger partial charge in [0.15, 0.2) is 0 Å². The lowest BCUT2D eigenvalue weighted by molar-refractivity contribution is -0.311. The van der Waals surface area contributed by atoms with Crippen LogP contribution in [-0.4, -0.2) is 45.5 Å². The van der Waals surface area contributed by atoms with Gasteiger partial charge in [-0.2, -0.15) is 5.06 Å². The van der Waals surface area contributed by atoms with E-state index >= 15 is 0 Å². The molecule has 2 unspecified atom stereocenters. The smallest absolute Gasteiger partial charge is 0.302 e. The normalized spacial score (nSPS) is 28.4. The largest absolute Gasteiger partial charge is 0.462 e. The van der Waals surface area contributed by atoms with E-state index in [0.717, 1.165) is 12.8 Å². The minimum Gasteiger partial charge on any atom is -0.462 e. The van der Waals surface area contributed by atoms with Crippen LogP contribution in [0.25, 0.3) is 0 Å². The van der Waals surface area contributed by atoms with E-state index in [1.165, 1.54) is 6.92 Å². The van der Waals surface area contributed by atoms with E-state index in [4.69, 9.17) is 9.57 Å². The van der Waals surface area contributed by atoms with Gasteiger partial charge in [0.1, 0.15) is 6.10 Å². The van der Waals surface area contributed by atoms with Gasteiger partial charge in [-0.3, -0.25) is 9.63 Å². The van der Waals surface area contributed by atoms with Crippen LogP contribution in [0.1, 0.15) is 67.2 Å². The van der Waals surface area contributed by atoms with Crippen molar-refractivity contribution in [2.75, 3.05) is 6.61 Å². The zero-order chi connectivity index (χ0) is 17.9. The van der Waals surface area contributed by atoms with Crippen LogP contribution in [0.15, 0.2) is 12.7 Å². The predicted octanol–water partition coefficient (Wildman–Crippen LogP) is 3.22. The number of hydrogen-bond acceptors (Lipinski definition) is 5. The second-order valence-corrected chi connectivity index (χ2v) is 8.16.